The third kappa shape index (κ3) is 6.28. The Morgan fingerprint density at radius 1 is 1.12 bits per heavy atom. The average Bonchev–Trinajstić information content (AvgIpc) is 3.50. The smallest absolute Gasteiger partial charge is 0.433 e. The van der Waals surface area contributed by atoms with Crippen LogP contribution in [0.1, 0.15) is 84.8 Å². The lowest BCUT2D eigenvalue weighted by atomic mass is 9.74. The molecule has 0 radical (unpaired) electrons. The maximum atomic E-state index is 14.4. The van der Waals surface area contributed by atoms with Gasteiger partial charge in [-0.1, -0.05) is 23.2 Å². The maximum Gasteiger partial charge on any atom is 0.433 e. The zero-order valence-electron chi connectivity index (χ0n) is 21.9. The van der Waals surface area contributed by atoms with Gasteiger partial charge in [0, 0.05) is 18.9 Å². The Hall–Kier alpha value is -2.70. The zero-order valence-corrected chi connectivity index (χ0v) is 23.4. The molecule has 1 saturated carbocycles. The van der Waals surface area contributed by atoms with Crippen molar-refractivity contribution in [2.45, 2.75) is 76.8 Å². The van der Waals surface area contributed by atoms with Crippen LogP contribution < -0.4 is 0 Å². The quantitative estimate of drug-likeness (QED) is 0.384. The van der Waals surface area contributed by atoms with Gasteiger partial charge in [0.25, 0.3) is 5.91 Å². The molecule has 9 nitrogen and oxygen atoms in total. The summed E-state index contributed by atoms with van der Waals surface area (Å²) in [7, 11) is 0. The lowest BCUT2D eigenvalue weighted by Gasteiger charge is -2.34. The van der Waals surface area contributed by atoms with Crippen LogP contribution in [0.15, 0.2) is 18.6 Å². The molecule has 4 rings (SSSR count). The summed E-state index contributed by atoms with van der Waals surface area (Å²) in [6, 6.07) is -0.742. The van der Waals surface area contributed by atoms with Crippen LogP contribution in [0.4, 0.5) is 13.2 Å². The fourth-order valence-electron chi connectivity index (χ4n) is 5.36. The second-order valence-electron chi connectivity index (χ2n) is 10.7. The molecule has 1 saturated heterocycles. The number of carbonyl (C=O) groups excluding carboxylic acids is 2. The van der Waals surface area contributed by atoms with Gasteiger partial charge in [-0.05, 0) is 52.4 Å². The number of carbonyl (C=O) groups is 3. The van der Waals surface area contributed by atoms with Crippen LogP contribution in [0.5, 0.6) is 0 Å². The summed E-state index contributed by atoms with van der Waals surface area (Å²) in [5.41, 5.74) is -3.07. The molecule has 0 aromatic carbocycles. The molecule has 1 N–H and O–H groups in total. The molecule has 2 fully saturated rings. The monoisotopic (exact) mass is 604 g/mol. The summed E-state index contributed by atoms with van der Waals surface area (Å²) >= 11 is 12.2. The van der Waals surface area contributed by atoms with Gasteiger partial charge in [-0.25, -0.2) is 0 Å². The van der Waals surface area contributed by atoms with Gasteiger partial charge in [0.1, 0.15) is 0 Å². The van der Waals surface area contributed by atoms with Crippen LogP contribution in [0.25, 0.3) is 0 Å². The molecule has 3 heterocycles. The first kappa shape index (κ1) is 30.3. The molecule has 1 amide bonds. The summed E-state index contributed by atoms with van der Waals surface area (Å²) in [6.07, 6.45) is -0.357. The van der Waals surface area contributed by atoms with Gasteiger partial charge in [-0.2, -0.15) is 18.3 Å². The van der Waals surface area contributed by atoms with Crippen molar-refractivity contribution in [3.05, 3.63) is 45.5 Å². The normalized spacial score (nSPS) is 25.1. The first-order chi connectivity index (χ1) is 18.7. The molecular weight excluding hydrogens is 576 g/mol. The van der Waals surface area contributed by atoms with Crippen molar-refractivity contribution in [1.29, 1.82) is 0 Å². The number of ether oxygens (including phenoxy) is 1. The fraction of sp³-hybridized carbons (Fsp3) is 0.577. The number of nitrogens with zero attached hydrogens (tertiary/aromatic N) is 4. The third-order valence-electron chi connectivity index (χ3n) is 7.71. The summed E-state index contributed by atoms with van der Waals surface area (Å²) in [6.45, 7) is 2.69. The van der Waals surface area contributed by atoms with Crippen molar-refractivity contribution in [2.24, 2.45) is 5.41 Å². The molecule has 0 spiro atoms. The van der Waals surface area contributed by atoms with Crippen molar-refractivity contribution >= 4 is 40.9 Å². The van der Waals surface area contributed by atoms with Crippen molar-refractivity contribution in [3.8, 4) is 0 Å². The highest BCUT2D eigenvalue weighted by molar-refractivity contribution is 6.39. The van der Waals surface area contributed by atoms with Crippen LogP contribution in [0.3, 0.4) is 0 Å². The predicted molar refractivity (Wildman–Crippen MR) is 139 cm³/mol. The number of carboxylic acids is 1. The summed E-state index contributed by atoms with van der Waals surface area (Å²) < 4.78 is 49.9. The first-order valence-electron chi connectivity index (χ1n) is 12.9. The molecule has 2 aromatic rings. The Morgan fingerprint density at radius 3 is 2.27 bits per heavy atom. The summed E-state index contributed by atoms with van der Waals surface area (Å²) in [5.74, 6) is -2.71. The van der Waals surface area contributed by atoms with E-state index in [4.69, 9.17) is 27.9 Å². The van der Waals surface area contributed by atoms with E-state index in [-0.39, 0.29) is 53.9 Å². The van der Waals surface area contributed by atoms with Gasteiger partial charge in [0.2, 0.25) is 0 Å². The van der Waals surface area contributed by atoms with E-state index in [0.29, 0.717) is 12.8 Å². The van der Waals surface area contributed by atoms with Gasteiger partial charge in [0.05, 0.1) is 57.6 Å². The SMILES string of the molecule is C[C@@H]1CC[C@@H](CN(CC(=O)c2c(Cl)cncc2Cl)C(=O)c2cnn([C@H]3CC[C@](C)(C(=O)O)CC3)c2C(F)(F)F)O1. The molecule has 0 unspecified atom stereocenters. The van der Waals surface area contributed by atoms with Crippen LogP contribution in [-0.2, 0) is 15.7 Å². The van der Waals surface area contributed by atoms with E-state index in [0.717, 1.165) is 15.8 Å². The summed E-state index contributed by atoms with van der Waals surface area (Å²) in [4.78, 5) is 43.3. The zero-order chi connectivity index (χ0) is 29.4. The number of hydrogen-bond acceptors (Lipinski definition) is 6. The molecule has 1 aliphatic carbocycles. The highest BCUT2D eigenvalue weighted by Gasteiger charge is 2.45. The van der Waals surface area contributed by atoms with Crippen LogP contribution in [-0.4, -0.2) is 67.7 Å². The van der Waals surface area contributed by atoms with Gasteiger partial charge in [0.15, 0.2) is 11.5 Å². The molecule has 40 heavy (non-hydrogen) atoms. The molecule has 0 bridgehead atoms. The van der Waals surface area contributed by atoms with Crippen LogP contribution in [0, 0.1) is 5.41 Å². The molecule has 2 atom stereocenters. The number of alkyl halides is 3. The number of aromatic nitrogens is 3. The van der Waals surface area contributed by atoms with E-state index in [9.17, 15) is 32.7 Å². The molecule has 218 valence electrons. The van der Waals surface area contributed by atoms with E-state index in [1.165, 1.54) is 12.4 Å². The standard InChI is InChI=1S/C26H29Cl2F3N4O5/c1-14-3-4-16(40-14)12-34(13-20(36)21-18(27)10-32-11-19(21)28)23(37)17-9-33-35(22(17)26(29,30)31)15-5-7-25(2,8-6-15)24(38)39/h9-11,14-16H,3-8,12-13H2,1-2H3,(H,38,39)/t14-,15-,16+,25-/m1/s1. The topological polar surface area (TPSA) is 115 Å². The van der Waals surface area contributed by atoms with Crippen LogP contribution in [0.2, 0.25) is 10.0 Å². The summed E-state index contributed by atoms with van der Waals surface area (Å²) in [5, 5.41) is 13.3. The molecule has 2 aliphatic rings. The van der Waals surface area contributed by atoms with Crippen LogP contribution >= 0.6 is 23.2 Å². The molecular formula is C26H29Cl2F3N4O5. The van der Waals surface area contributed by atoms with Crippen molar-refractivity contribution in [3.63, 3.8) is 0 Å². The van der Waals surface area contributed by atoms with Gasteiger partial charge < -0.3 is 14.7 Å². The lowest BCUT2D eigenvalue weighted by Crippen LogP contribution is -2.42. The Kier molecular flexibility index (Phi) is 8.82. The van der Waals surface area contributed by atoms with Crippen molar-refractivity contribution in [2.75, 3.05) is 13.1 Å². The van der Waals surface area contributed by atoms with Gasteiger partial charge >= 0.3 is 12.1 Å². The first-order valence-corrected chi connectivity index (χ1v) is 13.6. The number of ketones is 1. The number of Topliss-reactive ketones (excluding diaryl/α,β-unsaturated/α-hetero) is 1. The second kappa shape index (κ2) is 11.7. The Labute approximate surface area is 238 Å². The number of aliphatic carboxylic acids is 1. The van der Waals surface area contributed by atoms with Crippen molar-refractivity contribution < 1.29 is 37.4 Å². The Bertz CT molecular complexity index is 1270. The molecule has 14 heteroatoms. The minimum atomic E-state index is -4.94. The minimum absolute atomic E-state index is 0.0508. The van der Waals surface area contributed by atoms with Gasteiger partial charge in [-0.3, -0.25) is 24.0 Å². The highest BCUT2D eigenvalue weighted by atomic mass is 35.5. The number of carboxylic acid groups (broad SMARTS) is 1. The third-order valence-corrected chi connectivity index (χ3v) is 8.29. The largest absolute Gasteiger partial charge is 0.481 e. The molecule has 1 aliphatic heterocycles. The van der Waals surface area contributed by atoms with E-state index in [1.807, 2.05) is 6.92 Å². The van der Waals surface area contributed by atoms with E-state index >= 15 is 0 Å². The Balaban J connectivity index is 1.66. The number of amides is 1. The second-order valence-corrected chi connectivity index (χ2v) is 11.5. The maximum absolute atomic E-state index is 14.4. The Morgan fingerprint density at radius 2 is 1.75 bits per heavy atom. The molecule has 2 aromatic heterocycles. The van der Waals surface area contributed by atoms with Gasteiger partial charge in [-0.15, -0.1) is 0 Å². The van der Waals surface area contributed by atoms with E-state index in [1.54, 1.807) is 6.92 Å². The number of rotatable bonds is 8. The van der Waals surface area contributed by atoms with Crippen molar-refractivity contribution in [1.82, 2.24) is 19.7 Å². The highest BCUT2D eigenvalue weighted by Crippen LogP contribution is 2.43. The fourth-order valence-corrected chi connectivity index (χ4v) is 5.94. The number of hydrogen-bond donors (Lipinski definition) is 1. The average molecular weight is 605 g/mol. The minimum Gasteiger partial charge on any atom is -0.481 e. The van der Waals surface area contributed by atoms with E-state index < -0.39 is 59.2 Å². The predicted octanol–water partition coefficient (Wildman–Crippen LogP) is 5.70. The number of halogens is 5. The van der Waals surface area contributed by atoms with E-state index in [2.05, 4.69) is 10.1 Å². The number of pyridine rings is 1. The lowest BCUT2D eigenvalue weighted by molar-refractivity contribution is -0.152.